The summed E-state index contributed by atoms with van der Waals surface area (Å²) in [4.78, 5) is 2.36. The number of aromatic hydroxyl groups is 6. The Morgan fingerprint density at radius 1 is 0.355 bits per heavy atom. The minimum atomic E-state index is -0.00463. The van der Waals surface area contributed by atoms with Crippen LogP contribution < -0.4 is 4.90 Å². The molecule has 0 saturated carbocycles. The fourth-order valence-electron chi connectivity index (χ4n) is 16.1. The minimum Gasteiger partial charge on any atom is -0.683 e. The van der Waals surface area contributed by atoms with Crippen LogP contribution in [-0.4, -0.2) is 71.9 Å². The molecular formula is C90H97N6O6Y5-5. The number of hydrogen-bond acceptors (Lipinski definition) is 7. The Balaban J connectivity index is 0.000000161. The molecule has 0 fully saturated rings. The Kier molecular flexibility index (Phi) is 28.5. The maximum Gasteiger partial charge on any atom is 0.123 e. The first-order valence-electron chi connectivity index (χ1n) is 36.0. The molecule has 12 aromatic carbocycles. The van der Waals surface area contributed by atoms with Gasteiger partial charge in [-0.05, 0) is 156 Å². The molecule has 12 aromatic rings. The number of fused-ring (bicyclic) bond motifs is 16. The number of phenols is 6. The number of hydrogen-bond donors (Lipinski definition) is 6. The van der Waals surface area contributed by atoms with E-state index in [2.05, 4.69) is 167 Å². The van der Waals surface area contributed by atoms with Gasteiger partial charge in [-0.2, -0.15) is 0 Å². The Morgan fingerprint density at radius 3 is 1.32 bits per heavy atom. The van der Waals surface area contributed by atoms with Crippen molar-refractivity contribution in [2.75, 3.05) is 18.5 Å². The van der Waals surface area contributed by atoms with Crippen LogP contribution in [0.4, 0.5) is 34.1 Å². The second kappa shape index (κ2) is 34.7. The van der Waals surface area contributed by atoms with Crippen LogP contribution in [0.2, 0.25) is 0 Å². The fraction of sp³-hybridized carbons (Fsp3) is 0.333. The first kappa shape index (κ1) is 87.9. The minimum absolute atomic E-state index is 0. The van der Waals surface area contributed by atoms with Crippen LogP contribution in [0.25, 0.3) is 91.2 Å². The van der Waals surface area contributed by atoms with Crippen molar-refractivity contribution in [3.63, 3.8) is 0 Å². The van der Waals surface area contributed by atoms with Crippen molar-refractivity contribution in [1.82, 2.24) is 0 Å². The van der Waals surface area contributed by atoms with Crippen LogP contribution in [0.3, 0.4) is 0 Å². The predicted octanol–water partition coefficient (Wildman–Crippen LogP) is 24.8. The van der Waals surface area contributed by atoms with E-state index in [9.17, 15) is 30.6 Å². The average molecular weight is 1800 g/mol. The van der Waals surface area contributed by atoms with Crippen molar-refractivity contribution < 1.29 is 194 Å². The van der Waals surface area contributed by atoms with Crippen molar-refractivity contribution in [2.45, 2.75) is 180 Å². The molecule has 6 aliphatic heterocycles. The summed E-state index contributed by atoms with van der Waals surface area (Å²) in [5, 5.41) is 95.1. The van der Waals surface area contributed by atoms with Crippen molar-refractivity contribution in [3.8, 4) is 34.5 Å². The first-order chi connectivity index (χ1) is 48.2. The molecule has 6 aliphatic rings. The molecule has 5 radical (unpaired) electrons. The maximum atomic E-state index is 9.93. The molecule has 17 heteroatoms. The SMILES string of the molecule is CC1(C)CCc2c(ccc3c(O)cccc23)[N-]1.CC1(C)CCc2cc3c(O)cccc3cc2[N-]1.CC1(C)C[N-]c2ccc3c(O)cccc3c21.CC1(C)Cc2cc3c(O)cccc3cc2[N-]1.CC1CC(C)(C)[N-]c2ccc3c(O)cccc3c21.CN1c2ccc3c(O)cccc3c2CCC1(C)C.[Y].[Y].[Y].[Y].[Y]. The van der Waals surface area contributed by atoms with Crippen molar-refractivity contribution in [2.24, 2.45) is 0 Å². The molecule has 6 heterocycles. The number of phenolic OH excluding ortho intramolecular Hbond substituents is 6. The molecule has 0 bridgehead atoms. The summed E-state index contributed by atoms with van der Waals surface area (Å²) < 4.78 is 0. The van der Waals surface area contributed by atoms with Crippen molar-refractivity contribution in [3.05, 3.63) is 242 Å². The molecule has 0 saturated heterocycles. The van der Waals surface area contributed by atoms with E-state index in [1.807, 2.05) is 91.0 Å². The summed E-state index contributed by atoms with van der Waals surface area (Å²) in [6.07, 6.45) is 8.43. The zero-order chi connectivity index (χ0) is 72.6. The molecule has 0 aliphatic carbocycles. The Hall–Kier alpha value is -4.68. The second-order valence-electron chi connectivity index (χ2n) is 32.6. The zero-order valence-corrected chi connectivity index (χ0v) is 78.7. The predicted molar refractivity (Wildman–Crippen MR) is 427 cm³/mol. The molecule has 543 valence electrons. The molecule has 18 rings (SSSR count). The van der Waals surface area contributed by atoms with Crippen LogP contribution in [0.5, 0.6) is 34.5 Å². The van der Waals surface area contributed by atoms with E-state index in [0.717, 1.165) is 146 Å². The number of rotatable bonds is 0. The van der Waals surface area contributed by atoms with Gasteiger partial charge in [0.2, 0.25) is 0 Å². The van der Waals surface area contributed by atoms with Crippen molar-refractivity contribution >= 4 is 98.8 Å². The van der Waals surface area contributed by atoms with E-state index in [4.69, 9.17) is 16.0 Å². The molecule has 1 atom stereocenters. The summed E-state index contributed by atoms with van der Waals surface area (Å²) >= 11 is 0. The Bertz CT molecular complexity index is 5230. The zero-order valence-electron chi connectivity index (χ0n) is 64.5. The van der Waals surface area contributed by atoms with E-state index < -0.39 is 0 Å². The van der Waals surface area contributed by atoms with Gasteiger partial charge in [-0.25, -0.2) is 0 Å². The standard InChI is InChI=1S/C16H19NO.C16H18NO.2C15H16NO.2C14H14NO.5Y/c1-16(2)10-9-12-11-5-4-6-15(18)13(11)7-8-14(12)17(16)3;1-10-9-16(2,3)17-13-8-7-11-12(15(10)13)5-4-6-14(11)18;1-15(2)7-6-11-8-12-10(9-13(11)16-15)4-3-5-14(12)17;1-15(2)9-8-11-10-4-3-5-14(17)12(10)6-7-13(11)16-15;1-14(2)8-10-6-11-9(7-12(10)15-14)4-3-5-13(11)16;1-14(2)8-15-11-7-6-9-10(13(11)14)4-3-5-12(9)16;;;;;/h4-8,18H,9-10H2,1-3H3;4-8,10,18H,9H2,1-3H3;3-5,8-9,17H,6-7H2,1-2H3;3-7,17H,8-9H2,1-2H3;2*3-7,16H,8H2,1-2H3;;;;;/q;5*-1;;;;;. The summed E-state index contributed by atoms with van der Waals surface area (Å²) in [7, 11) is 2.16. The van der Waals surface area contributed by atoms with Gasteiger partial charge in [-0.15, -0.1) is 57.1 Å². The van der Waals surface area contributed by atoms with Gasteiger partial charge in [-0.3, -0.25) is 0 Å². The first-order valence-corrected chi connectivity index (χ1v) is 36.0. The average Bonchev–Trinajstić information content (AvgIpc) is 1.71. The quantitative estimate of drug-likeness (QED) is 0.0869. The largest absolute Gasteiger partial charge is 0.683 e. The summed E-state index contributed by atoms with van der Waals surface area (Å²) in [6.45, 7) is 29.3. The van der Waals surface area contributed by atoms with Gasteiger partial charge in [0, 0.05) is 214 Å². The molecule has 12 nitrogen and oxygen atoms in total. The Labute approximate surface area is 758 Å². The summed E-state index contributed by atoms with van der Waals surface area (Å²) in [5.74, 6) is 2.62. The van der Waals surface area contributed by atoms with E-state index in [1.54, 1.807) is 36.4 Å². The Morgan fingerprint density at radius 2 is 0.757 bits per heavy atom. The number of anilines is 1. The van der Waals surface area contributed by atoms with Gasteiger partial charge >= 0.3 is 0 Å². The van der Waals surface area contributed by atoms with Crippen LogP contribution >= 0.6 is 0 Å². The third-order valence-corrected chi connectivity index (χ3v) is 21.6. The topological polar surface area (TPSA) is 195 Å². The molecule has 0 spiro atoms. The number of aryl methyl sites for hydroxylation is 3. The molecule has 0 aromatic heterocycles. The monoisotopic (exact) mass is 1800 g/mol. The van der Waals surface area contributed by atoms with Gasteiger partial charge in [0.25, 0.3) is 0 Å². The number of nitrogens with zero attached hydrogens (tertiary/aromatic N) is 6. The molecular weight excluding hydrogens is 1710 g/mol. The third-order valence-electron chi connectivity index (χ3n) is 21.6. The van der Waals surface area contributed by atoms with Gasteiger partial charge in [0.15, 0.2) is 0 Å². The van der Waals surface area contributed by atoms with E-state index >= 15 is 0 Å². The van der Waals surface area contributed by atoms with Gasteiger partial charge in [0.1, 0.15) is 34.5 Å². The second-order valence-corrected chi connectivity index (χ2v) is 32.6. The van der Waals surface area contributed by atoms with E-state index in [0.29, 0.717) is 40.4 Å². The molecule has 1 unspecified atom stereocenters. The summed E-state index contributed by atoms with van der Waals surface area (Å²) in [6, 6.07) is 58.6. The smallest absolute Gasteiger partial charge is 0.123 e. The van der Waals surface area contributed by atoms with Crippen LogP contribution in [-0.2, 0) is 195 Å². The van der Waals surface area contributed by atoms with Gasteiger partial charge in [0.05, 0.1) is 0 Å². The third kappa shape index (κ3) is 19.0. The van der Waals surface area contributed by atoms with E-state index in [-0.39, 0.29) is 197 Å². The van der Waals surface area contributed by atoms with Crippen LogP contribution in [0.15, 0.2) is 182 Å². The maximum absolute atomic E-state index is 9.93. The normalized spacial score (nSPS) is 17.3. The summed E-state index contributed by atoms with van der Waals surface area (Å²) in [5.41, 5.74) is 14.7. The fourth-order valence-corrected chi connectivity index (χ4v) is 16.1. The molecule has 0 amide bonds. The number of benzene rings is 12. The van der Waals surface area contributed by atoms with Gasteiger partial charge < -0.3 is 62.1 Å². The van der Waals surface area contributed by atoms with Crippen molar-refractivity contribution in [1.29, 1.82) is 0 Å². The van der Waals surface area contributed by atoms with Crippen LogP contribution in [0.1, 0.15) is 155 Å². The molecule has 6 N–H and O–H groups in total. The van der Waals surface area contributed by atoms with Gasteiger partial charge in [-0.1, -0.05) is 245 Å². The van der Waals surface area contributed by atoms with E-state index in [1.165, 1.54) is 44.5 Å². The molecule has 107 heavy (non-hydrogen) atoms. The van der Waals surface area contributed by atoms with Crippen LogP contribution in [0, 0.1) is 0 Å².